The van der Waals surface area contributed by atoms with Crippen molar-refractivity contribution in [2.45, 2.75) is 25.3 Å². The molecule has 0 spiro atoms. The van der Waals surface area contributed by atoms with Crippen LogP contribution in [0.3, 0.4) is 0 Å². The summed E-state index contributed by atoms with van der Waals surface area (Å²) in [4.78, 5) is 22.3. The maximum atomic E-state index is 11.6. The highest BCUT2D eigenvalue weighted by molar-refractivity contribution is 7.89. The van der Waals surface area contributed by atoms with Crippen molar-refractivity contribution >= 4 is 22.0 Å². The van der Waals surface area contributed by atoms with Crippen molar-refractivity contribution in [3.63, 3.8) is 0 Å². The third-order valence-corrected chi connectivity index (χ3v) is 5.15. The van der Waals surface area contributed by atoms with Crippen LogP contribution in [0.15, 0.2) is 0 Å². The summed E-state index contributed by atoms with van der Waals surface area (Å²) in [6.45, 7) is 0.0153. The molecule has 8 nitrogen and oxygen atoms in total. The first-order chi connectivity index (χ1) is 9.22. The van der Waals surface area contributed by atoms with E-state index in [4.69, 9.17) is 5.11 Å². The van der Waals surface area contributed by atoms with Gasteiger partial charge in [0.15, 0.2) is 0 Å². The zero-order valence-electron chi connectivity index (χ0n) is 11.6. The lowest BCUT2D eigenvalue weighted by atomic mass is 10.1. The Morgan fingerprint density at radius 3 is 2.45 bits per heavy atom. The van der Waals surface area contributed by atoms with E-state index in [2.05, 4.69) is 10.6 Å². The Morgan fingerprint density at radius 2 is 1.95 bits per heavy atom. The molecule has 9 heteroatoms. The number of nitrogens with zero attached hydrogens (tertiary/aromatic N) is 1. The van der Waals surface area contributed by atoms with Gasteiger partial charge in [-0.2, -0.15) is 0 Å². The first-order valence-corrected chi connectivity index (χ1v) is 8.00. The second-order valence-electron chi connectivity index (χ2n) is 5.04. The van der Waals surface area contributed by atoms with E-state index in [1.807, 2.05) is 0 Å². The Kier molecular flexibility index (Phi) is 5.75. The van der Waals surface area contributed by atoms with Crippen LogP contribution in [0.25, 0.3) is 0 Å². The standard InChI is InChI=1S/C11H21N3O5S/c1-14(2)20(18,19)6-5-12-11(17)13-9-4-3-8(7-9)10(15)16/h8-9H,3-7H2,1-2H3,(H,15,16)(H2,12,13,17). The van der Waals surface area contributed by atoms with E-state index in [1.165, 1.54) is 14.1 Å². The third kappa shape index (κ3) is 4.97. The monoisotopic (exact) mass is 307 g/mol. The molecule has 0 bridgehead atoms. The van der Waals surface area contributed by atoms with Gasteiger partial charge >= 0.3 is 12.0 Å². The number of hydrogen-bond acceptors (Lipinski definition) is 4. The van der Waals surface area contributed by atoms with Gasteiger partial charge in [0, 0.05) is 26.7 Å². The van der Waals surface area contributed by atoms with Gasteiger partial charge in [0.1, 0.15) is 0 Å². The average Bonchev–Trinajstić information content (AvgIpc) is 2.77. The number of carboxylic acids is 1. The van der Waals surface area contributed by atoms with Crippen molar-refractivity contribution in [2.75, 3.05) is 26.4 Å². The molecule has 0 aromatic heterocycles. The normalized spacial score (nSPS) is 22.8. The van der Waals surface area contributed by atoms with E-state index >= 15 is 0 Å². The lowest BCUT2D eigenvalue weighted by Gasteiger charge is -2.14. The molecule has 1 saturated carbocycles. The SMILES string of the molecule is CN(C)S(=O)(=O)CCNC(=O)NC1CCC(C(=O)O)C1. The van der Waals surface area contributed by atoms with E-state index in [9.17, 15) is 18.0 Å². The number of rotatable bonds is 6. The summed E-state index contributed by atoms with van der Waals surface area (Å²) in [5.41, 5.74) is 0. The Balaban J connectivity index is 2.27. The third-order valence-electron chi connectivity index (χ3n) is 3.32. The highest BCUT2D eigenvalue weighted by Gasteiger charge is 2.30. The molecule has 1 rings (SSSR count). The quantitative estimate of drug-likeness (QED) is 0.608. The Hall–Kier alpha value is -1.35. The smallest absolute Gasteiger partial charge is 0.315 e. The van der Waals surface area contributed by atoms with Crippen LogP contribution in [0.5, 0.6) is 0 Å². The molecule has 2 unspecified atom stereocenters. The second kappa shape index (κ2) is 6.89. The van der Waals surface area contributed by atoms with Gasteiger partial charge in [-0.1, -0.05) is 0 Å². The Bertz CT molecular complexity index is 463. The summed E-state index contributed by atoms with van der Waals surface area (Å²) in [5, 5.41) is 14.0. The number of urea groups is 1. The molecule has 1 aliphatic rings. The molecular weight excluding hydrogens is 286 g/mol. The Morgan fingerprint density at radius 1 is 1.30 bits per heavy atom. The molecule has 1 fully saturated rings. The summed E-state index contributed by atoms with van der Waals surface area (Å²) in [5.74, 6) is -1.42. The van der Waals surface area contributed by atoms with E-state index in [0.29, 0.717) is 19.3 Å². The van der Waals surface area contributed by atoms with Crippen LogP contribution in [0.2, 0.25) is 0 Å². The first-order valence-electron chi connectivity index (χ1n) is 6.39. The molecule has 0 radical (unpaired) electrons. The highest BCUT2D eigenvalue weighted by atomic mass is 32.2. The van der Waals surface area contributed by atoms with Crippen molar-refractivity contribution in [1.29, 1.82) is 0 Å². The number of aliphatic carboxylic acids is 1. The summed E-state index contributed by atoms with van der Waals surface area (Å²) < 4.78 is 24.0. The lowest BCUT2D eigenvalue weighted by Crippen LogP contribution is -2.43. The van der Waals surface area contributed by atoms with Crippen LogP contribution in [0.1, 0.15) is 19.3 Å². The van der Waals surface area contributed by atoms with Crippen molar-refractivity contribution in [3.8, 4) is 0 Å². The van der Waals surface area contributed by atoms with E-state index in [-0.39, 0.29) is 18.3 Å². The Labute approximate surface area is 118 Å². The molecule has 116 valence electrons. The maximum absolute atomic E-state index is 11.6. The van der Waals surface area contributed by atoms with Gasteiger partial charge in [-0.3, -0.25) is 4.79 Å². The summed E-state index contributed by atoms with van der Waals surface area (Å²) in [6, 6.07) is -0.628. The van der Waals surface area contributed by atoms with E-state index in [1.54, 1.807) is 0 Å². The fourth-order valence-electron chi connectivity index (χ4n) is 2.05. The summed E-state index contributed by atoms with van der Waals surface area (Å²) in [7, 11) is -0.467. The van der Waals surface area contributed by atoms with Gasteiger partial charge in [0.2, 0.25) is 10.0 Å². The van der Waals surface area contributed by atoms with Crippen LogP contribution >= 0.6 is 0 Å². The maximum Gasteiger partial charge on any atom is 0.315 e. The zero-order chi connectivity index (χ0) is 15.3. The topological polar surface area (TPSA) is 116 Å². The van der Waals surface area contributed by atoms with Crippen LogP contribution in [0, 0.1) is 5.92 Å². The van der Waals surface area contributed by atoms with Crippen LogP contribution < -0.4 is 10.6 Å². The minimum absolute atomic E-state index is 0.0153. The molecule has 3 N–H and O–H groups in total. The van der Waals surface area contributed by atoms with Gasteiger partial charge in [-0.25, -0.2) is 17.5 Å². The van der Waals surface area contributed by atoms with Crippen LogP contribution in [0.4, 0.5) is 4.79 Å². The minimum Gasteiger partial charge on any atom is -0.481 e. The van der Waals surface area contributed by atoms with Crippen LogP contribution in [-0.2, 0) is 14.8 Å². The fourth-order valence-corrected chi connectivity index (χ4v) is 2.77. The zero-order valence-corrected chi connectivity index (χ0v) is 12.4. The number of sulfonamides is 1. The van der Waals surface area contributed by atoms with Gasteiger partial charge in [0.05, 0.1) is 11.7 Å². The number of carboxylic acid groups (broad SMARTS) is 1. The molecule has 1 aliphatic carbocycles. The molecule has 20 heavy (non-hydrogen) atoms. The van der Waals surface area contributed by atoms with Gasteiger partial charge in [-0.15, -0.1) is 0 Å². The molecule has 0 heterocycles. The van der Waals surface area contributed by atoms with E-state index < -0.39 is 27.9 Å². The first kappa shape index (κ1) is 16.7. The minimum atomic E-state index is -3.33. The largest absolute Gasteiger partial charge is 0.481 e. The van der Waals surface area contributed by atoms with Crippen molar-refractivity contribution in [3.05, 3.63) is 0 Å². The highest BCUT2D eigenvalue weighted by Crippen LogP contribution is 2.25. The number of carbonyl (C=O) groups excluding carboxylic acids is 1. The molecule has 2 amide bonds. The molecular formula is C11H21N3O5S. The molecule has 0 aromatic carbocycles. The summed E-state index contributed by atoms with van der Waals surface area (Å²) in [6.07, 6.45) is 1.59. The van der Waals surface area contributed by atoms with Crippen molar-refractivity contribution in [2.24, 2.45) is 5.92 Å². The number of amides is 2. The second-order valence-corrected chi connectivity index (χ2v) is 7.35. The summed E-state index contributed by atoms with van der Waals surface area (Å²) >= 11 is 0. The predicted octanol–water partition coefficient (Wildman–Crippen LogP) is -0.570. The fraction of sp³-hybridized carbons (Fsp3) is 0.818. The average molecular weight is 307 g/mol. The van der Waals surface area contributed by atoms with E-state index in [0.717, 1.165) is 4.31 Å². The predicted molar refractivity (Wildman–Crippen MR) is 72.8 cm³/mol. The van der Waals surface area contributed by atoms with Crippen molar-refractivity contribution in [1.82, 2.24) is 14.9 Å². The van der Waals surface area contributed by atoms with Gasteiger partial charge in [0.25, 0.3) is 0 Å². The number of carbonyl (C=O) groups is 2. The van der Waals surface area contributed by atoms with Gasteiger partial charge in [-0.05, 0) is 19.3 Å². The van der Waals surface area contributed by atoms with Crippen molar-refractivity contribution < 1.29 is 23.1 Å². The van der Waals surface area contributed by atoms with Crippen LogP contribution in [-0.4, -0.2) is 62.3 Å². The van der Waals surface area contributed by atoms with Gasteiger partial charge < -0.3 is 15.7 Å². The molecule has 0 aliphatic heterocycles. The lowest BCUT2D eigenvalue weighted by molar-refractivity contribution is -0.141. The molecule has 2 atom stereocenters. The molecule has 0 saturated heterocycles. The number of hydrogen-bond donors (Lipinski definition) is 3. The number of nitrogens with one attached hydrogen (secondary N) is 2. The molecule has 0 aromatic rings.